The summed E-state index contributed by atoms with van der Waals surface area (Å²) in [6.07, 6.45) is 3.48. The number of piperidine rings is 1. The van der Waals surface area contributed by atoms with Crippen LogP contribution >= 0.6 is 24.0 Å². The molecule has 1 fully saturated rings. The average Bonchev–Trinajstić information content (AvgIpc) is 2.83. The largest absolute Gasteiger partial charge is 0.356 e. The summed E-state index contributed by atoms with van der Waals surface area (Å²) in [5.74, 6) is 2.55. The van der Waals surface area contributed by atoms with E-state index in [4.69, 9.17) is 0 Å². The van der Waals surface area contributed by atoms with Crippen LogP contribution < -0.4 is 10.6 Å². The highest BCUT2D eigenvalue weighted by atomic mass is 127. The van der Waals surface area contributed by atoms with Gasteiger partial charge in [0.25, 0.3) is 0 Å². The Bertz CT molecular complexity index is 617. The van der Waals surface area contributed by atoms with E-state index in [-0.39, 0.29) is 24.0 Å². The third kappa shape index (κ3) is 7.54. The van der Waals surface area contributed by atoms with E-state index in [1.807, 2.05) is 18.8 Å². The van der Waals surface area contributed by atoms with E-state index in [9.17, 15) is 0 Å². The molecule has 0 spiro atoms. The van der Waals surface area contributed by atoms with Crippen LogP contribution in [-0.2, 0) is 13.5 Å². The van der Waals surface area contributed by atoms with Gasteiger partial charge in [0.1, 0.15) is 0 Å². The summed E-state index contributed by atoms with van der Waals surface area (Å²) in [7, 11) is 3.85. The second-order valence-corrected chi connectivity index (χ2v) is 8.58. The van der Waals surface area contributed by atoms with Gasteiger partial charge in [-0.05, 0) is 64.0 Å². The Morgan fingerprint density at radius 3 is 2.43 bits per heavy atom. The van der Waals surface area contributed by atoms with Crippen LogP contribution in [0.1, 0.15) is 50.6 Å². The highest BCUT2D eigenvalue weighted by Crippen LogP contribution is 2.20. The predicted octanol–water partition coefficient (Wildman–Crippen LogP) is 3.12. The van der Waals surface area contributed by atoms with Crippen molar-refractivity contribution in [1.82, 2.24) is 25.3 Å². The molecule has 3 atom stereocenters. The van der Waals surface area contributed by atoms with E-state index in [0.29, 0.717) is 6.04 Å². The van der Waals surface area contributed by atoms with E-state index < -0.39 is 0 Å². The molecule has 1 aliphatic heterocycles. The lowest BCUT2D eigenvalue weighted by Gasteiger charge is -2.35. The first-order valence-corrected chi connectivity index (χ1v) is 10.5. The molecule has 1 saturated heterocycles. The van der Waals surface area contributed by atoms with Crippen LogP contribution in [0.25, 0.3) is 0 Å². The second-order valence-electron chi connectivity index (χ2n) is 8.58. The molecule has 0 radical (unpaired) electrons. The molecule has 162 valence electrons. The van der Waals surface area contributed by atoms with Gasteiger partial charge >= 0.3 is 0 Å². The molecule has 1 aromatic rings. The number of guanidine groups is 1. The van der Waals surface area contributed by atoms with Crippen LogP contribution in [0.15, 0.2) is 4.99 Å². The zero-order valence-corrected chi connectivity index (χ0v) is 21.2. The monoisotopic (exact) mass is 504 g/mol. The highest BCUT2D eigenvalue weighted by Gasteiger charge is 2.21. The molecule has 0 aromatic carbocycles. The molecule has 7 heteroatoms. The average molecular weight is 505 g/mol. The SMILES string of the molecule is CN=C(NCCCN1CC(C)CC(C)C1)NC(C)Cc1c(C)nn(C)c1C.I. The molecule has 0 amide bonds. The Morgan fingerprint density at radius 1 is 1.25 bits per heavy atom. The summed E-state index contributed by atoms with van der Waals surface area (Å²) in [6.45, 7) is 15.8. The zero-order chi connectivity index (χ0) is 20.0. The number of likely N-dealkylation sites (tertiary alicyclic amines) is 1. The Morgan fingerprint density at radius 2 is 1.89 bits per heavy atom. The summed E-state index contributed by atoms with van der Waals surface area (Å²) < 4.78 is 1.97. The minimum Gasteiger partial charge on any atom is -0.356 e. The summed E-state index contributed by atoms with van der Waals surface area (Å²) >= 11 is 0. The first-order chi connectivity index (χ1) is 12.8. The minimum absolute atomic E-state index is 0. The number of aromatic nitrogens is 2. The molecular formula is C21H41IN6. The Hall–Kier alpha value is -0.830. The van der Waals surface area contributed by atoms with E-state index >= 15 is 0 Å². The normalized spacial score (nSPS) is 21.9. The van der Waals surface area contributed by atoms with E-state index in [1.54, 1.807) is 0 Å². The van der Waals surface area contributed by atoms with Crippen molar-refractivity contribution in [3.8, 4) is 0 Å². The predicted molar refractivity (Wildman–Crippen MR) is 130 cm³/mol. The second kappa shape index (κ2) is 12.0. The molecule has 0 aliphatic carbocycles. The van der Waals surface area contributed by atoms with Crippen molar-refractivity contribution in [2.45, 2.75) is 59.9 Å². The van der Waals surface area contributed by atoms with Crippen LogP contribution in [0.4, 0.5) is 0 Å². The van der Waals surface area contributed by atoms with Gasteiger partial charge in [0.2, 0.25) is 0 Å². The van der Waals surface area contributed by atoms with Crippen LogP contribution in [0.3, 0.4) is 0 Å². The van der Waals surface area contributed by atoms with Gasteiger partial charge in [0, 0.05) is 45.5 Å². The maximum Gasteiger partial charge on any atom is 0.191 e. The molecule has 28 heavy (non-hydrogen) atoms. The van der Waals surface area contributed by atoms with Crippen molar-refractivity contribution < 1.29 is 0 Å². The molecule has 2 N–H and O–H groups in total. The van der Waals surface area contributed by atoms with Crippen LogP contribution in [0.2, 0.25) is 0 Å². The van der Waals surface area contributed by atoms with Crippen LogP contribution in [-0.4, -0.2) is 59.9 Å². The highest BCUT2D eigenvalue weighted by molar-refractivity contribution is 14.0. The van der Waals surface area contributed by atoms with Crippen LogP contribution in [0, 0.1) is 25.7 Å². The number of halogens is 1. The number of nitrogens with one attached hydrogen (secondary N) is 2. The van der Waals surface area contributed by atoms with Crippen molar-refractivity contribution in [2.75, 3.05) is 33.2 Å². The van der Waals surface area contributed by atoms with Crippen LogP contribution in [0.5, 0.6) is 0 Å². The third-order valence-corrected chi connectivity index (χ3v) is 5.66. The fourth-order valence-electron chi connectivity index (χ4n) is 4.38. The number of nitrogens with zero attached hydrogens (tertiary/aromatic N) is 4. The van der Waals surface area contributed by atoms with Gasteiger partial charge in [-0.15, -0.1) is 24.0 Å². The Balaban J connectivity index is 0.00000392. The topological polar surface area (TPSA) is 57.5 Å². The maximum absolute atomic E-state index is 4.52. The lowest BCUT2D eigenvalue weighted by molar-refractivity contribution is 0.140. The quantitative estimate of drug-likeness (QED) is 0.259. The van der Waals surface area contributed by atoms with Crippen molar-refractivity contribution in [1.29, 1.82) is 0 Å². The van der Waals surface area contributed by atoms with Gasteiger partial charge in [-0.2, -0.15) is 5.10 Å². The molecule has 0 bridgehead atoms. The van der Waals surface area contributed by atoms with Crippen molar-refractivity contribution in [2.24, 2.45) is 23.9 Å². The number of aliphatic imine (C=N–C) groups is 1. The van der Waals surface area contributed by atoms with Gasteiger partial charge < -0.3 is 15.5 Å². The summed E-state index contributed by atoms with van der Waals surface area (Å²) in [4.78, 5) is 7.01. The lowest BCUT2D eigenvalue weighted by atomic mass is 9.92. The Kier molecular flexibility index (Phi) is 10.8. The fourth-order valence-corrected chi connectivity index (χ4v) is 4.38. The minimum atomic E-state index is 0. The van der Waals surface area contributed by atoms with Crippen molar-refractivity contribution in [3.05, 3.63) is 17.0 Å². The fraction of sp³-hybridized carbons (Fsp3) is 0.810. The van der Waals surface area contributed by atoms with E-state index in [1.165, 1.54) is 37.3 Å². The number of rotatable bonds is 7. The van der Waals surface area contributed by atoms with E-state index in [0.717, 1.165) is 42.9 Å². The first-order valence-electron chi connectivity index (χ1n) is 10.5. The standard InChI is InChI=1S/C21H40N6.HI/c1-15-11-16(2)14-27(13-15)10-8-9-23-21(22-6)24-17(3)12-20-18(4)25-26(7)19(20)5;/h15-17H,8-14H2,1-7H3,(H2,22,23,24);1H. The smallest absolute Gasteiger partial charge is 0.191 e. The zero-order valence-electron chi connectivity index (χ0n) is 18.9. The molecule has 1 aromatic heterocycles. The van der Waals surface area contributed by atoms with Gasteiger partial charge in [0.15, 0.2) is 5.96 Å². The summed E-state index contributed by atoms with van der Waals surface area (Å²) in [6, 6.07) is 0.307. The molecular weight excluding hydrogens is 463 g/mol. The van der Waals surface area contributed by atoms with E-state index in [2.05, 4.69) is 60.2 Å². The maximum atomic E-state index is 4.52. The first kappa shape index (κ1) is 25.2. The molecule has 6 nitrogen and oxygen atoms in total. The van der Waals surface area contributed by atoms with Gasteiger partial charge in [-0.25, -0.2) is 0 Å². The number of hydrogen-bond donors (Lipinski definition) is 2. The molecule has 2 rings (SSSR count). The van der Waals surface area contributed by atoms with Gasteiger partial charge in [0.05, 0.1) is 5.69 Å². The lowest BCUT2D eigenvalue weighted by Crippen LogP contribution is -2.44. The molecule has 3 unspecified atom stereocenters. The number of aryl methyl sites for hydroxylation is 2. The van der Waals surface area contributed by atoms with Crippen molar-refractivity contribution >= 4 is 29.9 Å². The number of hydrogen-bond acceptors (Lipinski definition) is 3. The van der Waals surface area contributed by atoms with Gasteiger partial charge in [-0.3, -0.25) is 9.67 Å². The molecule has 1 aliphatic rings. The molecule has 0 saturated carbocycles. The molecule has 2 heterocycles. The van der Waals surface area contributed by atoms with Crippen molar-refractivity contribution in [3.63, 3.8) is 0 Å². The summed E-state index contributed by atoms with van der Waals surface area (Å²) in [5, 5.41) is 11.5. The summed E-state index contributed by atoms with van der Waals surface area (Å²) in [5.41, 5.74) is 3.70. The third-order valence-electron chi connectivity index (χ3n) is 5.66. The Labute approximate surface area is 189 Å². The van der Waals surface area contributed by atoms with Gasteiger partial charge in [-0.1, -0.05) is 13.8 Å².